The molecule has 1 aliphatic heterocycles. The first-order chi connectivity index (χ1) is 12.9. The topological polar surface area (TPSA) is 3.24 Å². The number of aryl methyl sites for hydroxylation is 1. The van der Waals surface area contributed by atoms with Crippen molar-refractivity contribution < 1.29 is 8.78 Å². The summed E-state index contributed by atoms with van der Waals surface area (Å²) >= 11 is 3.52. The minimum absolute atomic E-state index is 0.0243. The molecule has 0 aromatic heterocycles. The Labute approximate surface area is 168 Å². The maximum atomic E-state index is 14.8. The number of hydrogen-bond acceptors (Lipinski definition) is 1. The normalized spacial score (nSPS) is 14.0. The zero-order valence-electron chi connectivity index (χ0n) is 16.1. The lowest BCUT2D eigenvalue weighted by Crippen LogP contribution is -2.25. The van der Waals surface area contributed by atoms with Crippen molar-refractivity contribution >= 4 is 27.2 Å². The van der Waals surface area contributed by atoms with E-state index in [1.54, 1.807) is 6.92 Å². The molecule has 4 heteroatoms. The van der Waals surface area contributed by atoms with Crippen molar-refractivity contribution in [2.24, 2.45) is 0 Å². The molecule has 0 radical (unpaired) electrons. The zero-order valence-corrected chi connectivity index (χ0v) is 17.7. The van der Waals surface area contributed by atoms with Crippen LogP contribution in [0.2, 0.25) is 0 Å². The maximum Gasteiger partial charge on any atom is 0.135 e. The lowest BCUT2D eigenvalue weighted by Gasteiger charge is -2.34. The van der Waals surface area contributed by atoms with Crippen molar-refractivity contribution in [1.29, 1.82) is 0 Å². The second-order valence-electron chi connectivity index (χ2n) is 5.92. The number of nitrogens with zero attached hydrogens (tertiary/aromatic N) is 1. The molecule has 0 saturated heterocycles. The number of allylic oxidation sites excluding steroid dienone is 3. The first-order valence-electron chi connectivity index (χ1n) is 9.03. The fourth-order valence-electron chi connectivity index (χ4n) is 3.07. The summed E-state index contributed by atoms with van der Waals surface area (Å²) in [6.07, 6.45) is 1.87. The summed E-state index contributed by atoms with van der Waals surface area (Å²) in [5.41, 5.74) is 3.34. The summed E-state index contributed by atoms with van der Waals surface area (Å²) in [5.74, 6) is -1.14. The summed E-state index contributed by atoms with van der Waals surface area (Å²) in [6.45, 7) is 12.2. The fourth-order valence-corrected chi connectivity index (χ4v) is 3.51. The van der Waals surface area contributed by atoms with Crippen molar-refractivity contribution in [1.82, 2.24) is 4.90 Å². The minimum atomic E-state index is -0.571. The van der Waals surface area contributed by atoms with Gasteiger partial charge >= 0.3 is 0 Å². The molecule has 2 aromatic carbocycles. The molecule has 0 fully saturated rings. The molecule has 3 rings (SSSR count). The highest BCUT2D eigenvalue weighted by Crippen LogP contribution is 2.42. The Hall–Kier alpha value is -2.20. The molecule has 0 saturated carbocycles. The second-order valence-corrected chi connectivity index (χ2v) is 6.77. The predicted octanol–water partition coefficient (Wildman–Crippen LogP) is 7.30. The third kappa shape index (κ3) is 4.22. The Kier molecular flexibility index (Phi) is 7.14. The molecule has 142 valence electrons. The minimum Gasteiger partial charge on any atom is -0.340 e. The van der Waals surface area contributed by atoms with Gasteiger partial charge < -0.3 is 4.90 Å². The average Bonchev–Trinajstić information content (AvgIpc) is 2.66. The highest BCUT2D eigenvalue weighted by molar-refractivity contribution is 9.12. The van der Waals surface area contributed by atoms with E-state index in [1.807, 2.05) is 62.1 Å². The van der Waals surface area contributed by atoms with E-state index in [0.29, 0.717) is 23.5 Å². The predicted molar refractivity (Wildman–Crippen MR) is 114 cm³/mol. The maximum absolute atomic E-state index is 14.8. The third-order valence-electron chi connectivity index (χ3n) is 4.22. The molecule has 0 bridgehead atoms. The van der Waals surface area contributed by atoms with Gasteiger partial charge in [0.25, 0.3) is 0 Å². The van der Waals surface area contributed by atoms with Crippen LogP contribution in [0.15, 0.2) is 65.3 Å². The van der Waals surface area contributed by atoms with Crippen LogP contribution in [0.1, 0.15) is 37.5 Å². The van der Waals surface area contributed by atoms with E-state index in [4.69, 9.17) is 0 Å². The molecule has 0 unspecified atom stereocenters. The number of hydrogen-bond donors (Lipinski definition) is 0. The Morgan fingerprint density at radius 1 is 1.04 bits per heavy atom. The number of likely N-dealkylation sites (N-methyl/N-ethyl adjacent to an activating group) is 1. The molecule has 0 N–H and O–H groups in total. The highest BCUT2D eigenvalue weighted by atomic mass is 79.9. The van der Waals surface area contributed by atoms with E-state index in [9.17, 15) is 8.78 Å². The SMILES string of the molecule is C=C1C(Br)=CC(c2ccccc2)=C(c2c(F)cc(C)cc2F)N1CC.CC. The van der Waals surface area contributed by atoms with Crippen LogP contribution in [0.5, 0.6) is 0 Å². The van der Waals surface area contributed by atoms with Gasteiger partial charge in [-0.1, -0.05) is 50.8 Å². The van der Waals surface area contributed by atoms with Gasteiger partial charge in [0.2, 0.25) is 0 Å². The fraction of sp³-hybridized carbons (Fsp3) is 0.217. The summed E-state index contributed by atoms with van der Waals surface area (Å²) in [7, 11) is 0. The molecular weight excluding hydrogens is 408 g/mol. The van der Waals surface area contributed by atoms with Crippen LogP contribution in [0.3, 0.4) is 0 Å². The Balaban J connectivity index is 0.00000126. The average molecular weight is 432 g/mol. The van der Waals surface area contributed by atoms with E-state index in [2.05, 4.69) is 22.5 Å². The highest BCUT2D eigenvalue weighted by Gasteiger charge is 2.28. The molecule has 1 nitrogen and oxygen atoms in total. The Morgan fingerprint density at radius 3 is 2.11 bits per heavy atom. The second kappa shape index (κ2) is 9.14. The van der Waals surface area contributed by atoms with Crippen molar-refractivity contribution in [3.8, 4) is 0 Å². The summed E-state index contributed by atoms with van der Waals surface area (Å²) in [6, 6.07) is 12.3. The van der Waals surface area contributed by atoms with Crippen molar-refractivity contribution in [2.45, 2.75) is 27.7 Å². The Bertz CT molecular complexity index is 875. The van der Waals surface area contributed by atoms with Crippen LogP contribution in [0.25, 0.3) is 11.3 Å². The van der Waals surface area contributed by atoms with Gasteiger partial charge in [0.1, 0.15) is 11.6 Å². The molecule has 27 heavy (non-hydrogen) atoms. The van der Waals surface area contributed by atoms with Gasteiger partial charge in [0, 0.05) is 22.3 Å². The third-order valence-corrected chi connectivity index (χ3v) is 4.91. The molecule has 0 amide bonds. The molecular formula is C23H24BrF2N. The van der Waals surface area contributed by atoms with Crippen molar-refractivity contribution in [3.63, 3.8) is 0 Å². The first kappa shape index (κ1) is 21.1. The molecule has 0 aliphatic carbocycles. The van der Waals surface area contributed by atoms with E-state index in [-0.39, 0.29) is 5.56 Å². The van der Waals surface area contributed by atoms with Crippen LogP contribution in [0.4, 0.5) is 8.78 Å². The van der Waals surface area contributed by atoms with Gasteiger partial charge in [0.15, 0.2) is 0 Å². The van der Waals surface area contributed by atoms with E-state index in [0.717, 1.165) is 15.6 Å². The number of benzene rings is 2. The van der Waals surface area contributed by atoms with Gasteiger partial charge in [-0.15, -0.1) is 0 Å². The van der Waals surface area contributed by atoms with Crippen LogP contribution in [-0.2, 0) is 0 Å². The van der Waals surface area contributed by atoms with Crippen LogP contribution >= 0.6 is 15.9 Å². The van der Waals surface area contributed by atoms with Gasteiger partial charge in [-0.2, -0.15) is 0 Å². The smallest absolute Gasteiger partial charge is 0.135 e. The summed E-state index contributed by atoms with van der Waals surface area (Å²) in [4.78, 5) is 1.84. The summed E-state index contributed by atoms with van der Waals surface area (Å²) in [5, 5.41) is 0. The zero-order chi connectivity index (χ0) is 20.1. The molecule has 0 atom stereocenters. The summed E-state index contributed by atoms with van der Waals surface area (Å²) < 4.78 is 30.3. The van der Waals surface area contributed by atoms with E-state index < -0.39 is 11.6 Å². The van der Waals surface area contributed by atoms with Gasteiger partial charge in [-0.05, 0) is 59.1 Å². The van der Waals surface area contributed by atoms with Gasteiger partial charge in [-0.25, -0.2) is 8.78 Å². The monoisotopic (exact) mass is 431 g/mol. The van der Waals surface area contributed by atoms with Crippen molar-refractivity contribution in [2.75, 3.05) is 6.54 Å². The van der Waals surface area contributed by atoms with Crippen molar-refractivity contribution in [3.05, 3.63) is 93.6 Å². The largest absolute Gasteiger partial charge is 0.340 e. The van der Waals surface area contributed by atoms with Gasteiger partial charge in [0.05, 0.1) is 11.3 Å². The standard InChI is InChI=1S/C21H18BrF2N.C2H6/c1-4-25-14(3)17(22)12-16(15-8-6-5-7-9-15)21(25)20-18(23)10-13(2)11-19(20)24;1-2/h5-12H,3-4H2,1-2H3;1-2H3. The number of rotatable bonds is 3. The van der Waals surface area contributed by atoms with Gasteiger partial charge in [-0.3, -0.25) is 0 Å². The first-order valence-corrected chi connectivity index (χ1v) is 9.83. The van der Waals surface area contributed by atoms with Crippen LogP contribution in [0, 0.1) is 18.6 Å². The van der Waals surface area contributed by atoms with E-state index >= 15 is 0 Å². The molecule has 2 aromatic rings. The Morgan fingerprint density at radius 2 is 1.59 bits per heavy atom. The molecule has 0 spiro atoms. The lowest BCUT2D eigenvalue weighted by atomic mass is 9.93. The molecule has 1 heterocycles. The number of halogens is 3. The van der Waals surface area contributed by atoms with Crippen LogP contribution < -0.4 is 0 Å². The van der Waals surface area contributed by atoms with E-state index in [1.165, 1.54) is 12.1 Å². The molecule has 1 aliphatic rings. The quantitative estimate of drug-likeness (QED) is 0.492. The lowest BCUT2D eigenvalue weighted by molar-refractivity contribution is 0.509. The van der Waals surface area contributed by atoms with Crippen LogP contribution in [-0.4, -0.2) is 11.4 Å².